The van der Waals surface area contributed by atoms with Crippen LogP contribution < -0.4 is 5.73 Å². The van der Waals surface area contributed by atoms with Crippen molar-refractivity contribution in [3.05, 3.63) is 12.7 Å². The number of phosphoric ester groups is 1. The van der Waals surface area contributed by atoms with Crippen molar-refractivity contribution in [1.82, 2.24) is 0 Å². The number of aliphatic hydroxyl groups is 1. The molecule has 0 aromatic rings. The molecule has 0 aromatic heterocycles. The molecule has 0 saturated heterocycles. The summed E-state index contributed by atoms with van der Waals surface area (Å²) in [5.41, 5.74) is 5.09. The summed E-state index contributed by atoms with van der Waals surface area (Å²) in [6, 6.07) is 0. The average Bonchev–Trinajstić information content (AvgIpc) is 2.23. The summed E-state index contributed by atoms with van der Waals surface area (Å²) in [6.45, 7) is 3.50. The van der Waals surface area contributed by atoms with E-state index in [0.29, 0.717) is 0 Å². The van der Waals surface area contributed by atoms with Gasteiger partial charge in [-0.1, -0.05) is 6.08 Å². The van der Waals surface area contributed by atoms with E-state index in [1.54, 1.807) is 0 Å². The van der Waals surface area contributed by atoms with E-state index in [0.717, 1.165) is 0 Å². The number of hydrogen-bond donors (Lipinski definition) is 3. The van der Waals surface area contributed by atoms with Gasteiger partial charge in [-0.3, -0.25) is 9.05 Å². The quantitative estimate of drug-likeness (QED) is 0.286. The van der Waals surface area contributed by atoms with E-state index in [2.05, 4.69) is 15.6 Å². The predicted molar refractivity (Wildman–Crippen MR) is 57.6 cm³/mol. The highest BCUT2D eigenvalue weighted by Gasteiger charge is 2.20. The molecule has 4 N–H and O–H groups in total. The van der Waals surface area contributed by atoms with Crippen molar-refractivity contribution in [2.75, 3.05) is 26.4 Å². The van der Waals surface area contributed by atoms with Gasteiger partial charge in [0.1, 0.15) is 0 Å². The second kappa shape index (κ2) is 8.83. The summed E-state index contributed by atoms with van der Waals surface area (Å²) < 4.78 is 24.9. The summed E-state index contributed by atoms with van der Waals surface area (Å²) in [6.07, 6.45) is 0.475. The van der Waals surface area contributed by atoms with Gasteiger partial charge in [0.15, 0.2) is 6.29 Å². The highest BCUT2D eigenvalue weighted by Crippen LogP contribution is 2.42. The second-order valence-electron chi connectivity index (χ2n) is 2.79. The van der Waals surface area contributed by atoms with Crippen LogP contribution in [-0.2, 0) is 18.3 Å². The Balaban J connectivity index is 3.62. The van der Waals surface area contributed by atoms with E-state index < -0.39 is 14.1 Å². The number of aliphatic hydroxyl groups excluding tert-OH is 1. The third kappa shape index (κ3) is 8.99. The molecule has 0 rings (SSSR count). The summed E-state index contributed by atoms with van der Waals surface area (Å²) in [5.74, 6) is 0. The third-order valence-corrected chi connectivity index (χ3v) is 2.42. The van der Waals surface area contributed by atoms with E-state index in [4.69, 9.17) is 15.4 Å². The molecule has 8 heteroatoms. The summed E-state index contributed by atoms with van der Waals surface area (Å²) in [4.78, 5) is 9.05. The van der Waals surface area contributed by atoms with Gasteiger partial charge < -0.3 is 20.5 Å². The topological polar surface area (TPSA) is 111 Å². The molecule has 0 aliphatic rings. The number of ether oxygens (including phenoxy) is 1. The van der Waals surface area contributed by atoms with Crippen molar-refractivity contribution in [3.63, 3.8) is 0 Å². The Morgan fingerprint density at radius 1 is 1.44 bits per heavy atom. The van der Waals surface area contributed by atoms with Gasteiger partial charge in [0.25, 0.3) is 0 Å². The molecule has 0 amide bonds. The van der Waals surface area contributed by atoms with Gasteiger partial charge in [-0.25, -0.2) is 4.57 Å². The van der Waals surface area contributed by atoms with E-state index in [-0.39, 0.29) is 32.8 Å². The Labute approximate surface area is 94.4 Å². The first-order valence-corrected chi connectivity index (χ1v) is 6.24. The first kappa shape index (κ1) is 15.7. The molecule has 0 heterocycles. The van der Waals surface area contributed by atoms with Crippen LogP contribution in [-0.4, -0.2) is 42.7 Å². The molecule has 7 nitrogen and oxygen atoms in total. The Morgan fingerprint density at radius 2 is 2.06 bits per heavy atom. The zero-order valence-corrected chi connectivity index (χ0v) is 9.84. The molecule has 0 saturated carbocycles. The third-order valence-electron chi connectivity index (χ3n) is 1.40. The van der Waals surface area contributed by atoms with Gasteiger partial charge in [0.2, 0.25) is 0 Å². The van der Waals surface area contributed by atoms with Crippen molar-refractivity contribution < 1.29 is 28.3 Å². The Bertz CT molecular complexity index is 237. The van der Waals surface area contributed by atoms with Gasteiger partial charge >= 0.3 is 7.82 Å². The lowest BCUT2D eigenvalue weighted by atomic mass is 10.4. The van der Waals surface area contributed by atoms with Gasteiger partial charge in [-0.15, -0.1) is 6.58 Å². The number of hydrogen-bond acceptors (Lipinski definition) is 6. The van der Waals surface area contributed by atoms with Crippen molar-refractivity contribution in [3.8, 4) is 0 Å². The zero-order chi connectivity index (χ0) is 12.4. The fourth-order valence-electron chi connectivity index (χ4n) is 0.737. The molecule has 0 aromatic carbocycles. The average molecular weight is 255 g/mol. The fraction of sp³-hybridized carbons (Fsp3) is 0.750. The minimum Gasteiger partial charge on any atom is -0.368 e. The van der Waals surface area contributed by atoms with Crippen LogP contribution in [0.5, 0.6) is 0 Å². The largest absolute Gasteiger partial charge is 0.472 e. The molecule has 0 fully saturated rings. The molecule has 0 aliphatic carbocycles. The standard InChI is InChI=1S/C8H18NO6P/c1-2-5-13-8(10)3-6-14-16(11,12)15-7-4-9/h2,8,10H,1,3-7,9H2,(H,11,12). The van der Waals surface area contributed by atoms with Crippen LogP contribution in [0.4, 0.5) is 0 Å². The van der Waals surface area contributed by atoms with Crippen LogP contribution in [0.1, 0.15) is 6.42 Å². The molecule has 0 radical (unpaired) electrons. The van der Waals surface area contributed by atoms with Crippen LogP contribution in [0.3, 0.4) is 0 Å². The summed E-state index contributed by atoms with van der Waals surface area (Å²) in [5, 5.41) is 9.17. The smallest absolute Gasteiger partial charge is 0.368 e. The van der Waals surface area contributed by atoms with Crippen molar-refractivity contribution in [2.24, 2.45) is 5.73 Å². The number of nitrogens with two attached hydrogens (primary N) is 1. The van der Waals surface area contributed by atoms with Crippen LogP contribution in [0.2, 0.25) is 0 Å². The van der Waals surface area contributed by atoms with E-state index in [9.17, 15) is 9.67 Å². The van der Waals surface area contributed by atoms with Crippen LogP contribution >= 0.6 is 7.82 Å². The zero-order valence-electron chi connectivity index (χ0n) is 8.95. The van der Waals surface area contributed by atoms with Gasteiger partial charge in [0, 0.05) is 13.0 Å². The number of phosphoric acid groups is 1. The summed E-state index contributed by atoms with van der Waals surface area (Å²) in [7, 11) is -4.06. The molecule has 16 heavy (non-hydrogen) atoms. The first-order chi connectivity index (χ1) is 7.52. The fourth-order valence-corrected chi connectivity index (χ4v) is 1.48. The molecule has 0 aliphatic heterocycles. The van der Waals surface area contributed by atoms with Crippen molar-refractivity contribution >= 4 is 7.82 Å². The highest BCUT2D eigenvalue weighted by molar-refractivity contribution is 7.47. The van der Waals surface area contributed by atoms with Gasteiger partial charge in [-0.2, -0.15) is 0 Å². The van der Waals surface area contributed by atoms with E-state index in [1.807, 2.05) is 0 Å². The van der Waals surface area contributed by atoms with E-state index in [1.165, 1.54) is 6.08 Å². The second-order valence-corrected chi connectivity index (χ2v) is 4.24. The lowest BCUT2D eigenvalue weighted by Gasteiger charge is -2.13. The summed E-state index contributed by atoms with van der Waals surface area (Å²) >= 11 is 0. The van der Waals surface area contributed by atoms with Gasteiger partial charge in [-0.05, 0) is 0 Å². The van der Waals surface area contributed by atoms with Crippen molar-refractivity contribution in [1.29, 1.82) is 0 Å². The minimum absolute atomic E-state index is 0.0599. The molecule has 0 spiro atoms. The molecule has 0 bridgehead atoms. The van der Waals surface area contributed by atoms with Crippen molar-refractivity contribution in [2.45, 2.75) is 12.7 Å². The van der Waals surface area contributed by atoms with Crippen LogP contribution in [0, 0.1) is 0 Å². The monoisotopic (exact) mass is 255 g/mol. The first-order valence-electron chi connectivity index (χ1n) is 4.74. The Morgan fingerprint density at radius 3 is 2.62 bits per heavy atom. The number of rotatable bonds is 10. The lowest BCUT2D eigenvalue weighted by Crippen LogP contribution is -2.15. The Hall–Kier alpha value is -0.270. The van der Waals surface area contributed by atoms with Crippen LogP contribution in [0.15, 0.2) is 12.7 Å². The highest BCUT2D eigenvalue weighted by atomic mass is 31.2. The molecular weight excluding hydrogens is 237 g/mol. The maximum atomic E-state index is 11.1. The maximum Gasteiger partial charge on any atom is 0.472 e. The van der Waals surface area contributed by atoms with Crippen LogP contribution in [0.25, 0.3) is 0 Å². The maximum absolute atomic E-state index is 11.1. The molecule has 2 unspecified atom stereocenters. The molecular formula is C8H18NO6P. The lowest BCUT2D eigenvalue weighted by molar-refractivity contribution is -0.0984. The predicted octanol–water partition coefficient (Wildman–Crippen LogP) is -0.0102. The molecule has 96 valence electrons. The molecule has 2 atom stereocenters. The Kier molecular flexibility index (Phi) is 8.68. The minimum atomic E-state index is -4.06. The SMILES string of the molecule is C=CCOC(O)CCOP(=O)(O)OCCN. The van der Waals surface area contributed by atoms with E-state index >= 15 is 0 Å². The normalized spacial score (nSPS) is 16.7. The van der Waals surface area contributed by atoms with Gasteiger partial charge in [0.05, 0.1) is 19.8 Å².